The summed E-state index contributed by atoms with van der Waals surface area (Å²) in [7, 11) is 0. The Kier molecular flexibility index (Phi) is 6.06. The van der Waals surface area contributed by atoms with Crippen LogP contribution >= 0.6 is 11.8 Å². The molecule has 0 saturated heterocycles. The van der Waals surface area contributed by atoms with Gasteiger partial charge in [0.25, 0.3) is 0 Å². The highest BCUT2D eigenvalue weighted by Crippen LogP contribution is 1.99. The molecule has 1 unspecified atom stereocenters. The maximum absolute atomic E-state index is 11.1. The van der Waals surface area contributed by atoms with Crippen LogP contribution in [0.15, 0.2) is 0 Å². The number of esters is 1. The molecule has 0 aliphatic heterocycles. The number of rotatable bonds is 5. The Hall–Kier alpha value is -0.320. The van der Waals surface area contributed by atoms with E-state index in [4.69, 9.17) is 21.6 Å². The third-order valence-electron chi connectivity index (χ3n) is 1.19. The van der Waals surface area contributed by atoms with Gasteiger partial charge in [-0.2, -0.15) is 0 Å². The molecule has 0 saturated carbocycles. The molecule has 0 fully saturated rings. The molecular formula is C7H14ClNO3. The molecule has 0 amide bonds. The maximum Gasteiger partial charge on any atom is 0.324 e. The van der Waals surface area contributed by atoms with Crippen LogP contribution in [0.3, 0.4) is 0 Å². The van der Waals surface area contributed by atoms with E-state index in [1.165, 1.54) is 0 Å². The minimum Gasteiger partial charge on any atom is -0.462 e. The minimum absolute atomic E-state index is 0.0996. The number of carbonyl (C=O) groups excluding carboxylic acids is 1. The first kappa shape index (κ1) is 11.7. The van der Waals surface area contributed by atoms with Crippen molar-refractivity contribution in [2.75, 3.05) is 6.61 Å². The highest BCUT2D eigenvalue weighted by atomic mass is 35.5. The Morgan fingerprint density at radius 2 is 2.25 bits per heavy atom. The van der Waals surface area contributed by atoms with Gasteiger partial charge in [-0.3, -0.25) is 4.79 Å². The van der Waals surface area contributed by atoms with Gasteiger partial charge >= 0.3 is 5.97 Å². The van der Waals surface area contributed by atoms with E-state index in [1.54, 1.807) is 13.8 Å². The molecule has 1 atom stereocenters. The Balaban J connectivity index is 3.85. The third-order valence-corrected chi connectivity index (χ3v) is 1.45. The molecular weight excluding hydrogens is 182 g/mol. The highest BCUT2D eigenvalue weighted by Gasteiger charge is 2.18. The zero-order valence-corrected chi connectivity index (χ0v) is 7.97. The standard InChI is InChI=1S/C7H14ClNO3/c1-5(2)12-7(11)6(9-8)3-4-10/h5-6,9-10H,3-4H2,1-2H3. The summed E-state index contributed by atoms with van der Waals surface area (Å²) in [6.45, 7) is 3.40. The SMILES string of the molecule is CC(C)OC(=O)C(CCO)NCl. The first-order chi connectivity index (χ1) is 5.61. The molecule has 0 spiro atoms. The first-order valence-corrected chi connectivity index (χ1v) is 4.17. The number of aliphatic hydroxyl groups is 1. The fraction of sp³-hybridized carbons (Fsp3) is 0.857. The summed E-state index contributed by atoms with van der Waals surface area (Å²) in [6.07, 6.45) is 0.0957. The summed E-state index contributed by atoms with van der Waals surface area (Å²) in [5.41, 5.74) is 0. The van der Waals surface area contributed by atoms with Crippen LogP contribution in [0.5, 0.6) is 0 Å². The lowest BCUT2D eigenvalue weighted by Crippen LogP contribution is -2.34. The van der Waals surface area contributed by atoms with E-state index in [0.717, 1.165) is 0 Å². The van der Waals surface area contributed by atoms with E-state index >= 15 is 0 Å². The van der Waals surface area contributed by atoms with E-state index in [2.05, 4.69) is 4.84 Å². The van der Waals surface area contributed by atoms with Gasteiger partial charge in [-0.1, -0.05) is 0 Å². The van der Waals surface area contributed by atoms with Gasteiger partial charge < -0.3 is 9.84 Å². The van der Waals surface area contributed by atoms with Crippen LogP contribution in [-0.2, 0) is 9.53 Å². The van der Waals surface area contributed by atoms with E-state index in [0.29, 0.717) is 0 Å². The molecule has 0 radical (unpaired) electrons. The van der Waals surface area contributed by atoms with Crippen LogP contribution in [0.1, 0.15) is 20.3 Å². The van der Waals surface area contributed by atoms with Gasteiger partial charge in [0.1, 0.15) is 6.04 Å². The van der Waals surface area contributed by atoms with Gasteiger partial charge in [-0.25, -0.2) is 4.84 Å². The average Bonchev–Trinajstić information content (AvgIpc) is 1.98. The van der Waals surface area contributed by atoms with E-state index in [-0.39, 0.29) is 19.1 Å². The third kappa shape index (κ3) is 4.54. The van der Waals surface area contributed by atoms with Crippen molar-refractivity contribution >= 4 is 17.7 Å². The number of nitrogens with one attached hydrogen (secondary N) is 1. The second-order valence-electron chi connectivity index (χ2n) is 2.66. The number of aliphatic hydroxyl groups excluding tert-OH is 1. The quantitative estimate of drug-likeness (QED) is 0.494. The summed E-state index contributed by atoms with van der Waals surface area (Å²) in [5.74, 6) is -0.436. The second-order valence-corrected chi connectivity index (χ2v) is 2.88. The first-order valence-electron chi connectivity index (χ1n) is 3.79. The van der Waals surface area contributed by atoms with Gasteiger partial charge in [0.2, 0.25) is 0 Å². The number of carbonyl (C=O) groups is 1. The van der Waals surface area contributed by atoms with Crippen LogP contribution in [0, 0.1) is 0 Å². The predicted molar refractivity (Wildman–Crippen MR) is 45.7 cm³/mol. The van der Waals surface area contributed by atoms with Gasteiger partial charge in [0.05, 0.1) is 6.10 Å². The van der Waals surface area contributed by atoms with Crippen molar-refractivity contribution in [3.05, 3.63) is 0 Å². The zero-order chi connectivity index (χ0) is 9.56. The number of hydrogen-bond donors (Lipinski definition) is 2. The fourth-order valence-corrected chi connectivity index (χ4v) is 0.859. The Morgan fingerprint density at radius 3 is 2.58 bits per heavy atom. The van der Waals surface area contributed by atoms with Gasteiger partial charge in [0.15, 0.2) is 0 Å². The zero-order valence-electron chi connectivity index (χ0n) is 7.21. The van der Waals surface area contributed by atoms with Crippen molar-refractivity contribution in [3.63, 3.8) is 0 Å². The lowest BCUT2D eigenvalue weighted by molar-refractivity contribution is -0.149. The average molecular weight is 196 g/mol. The summed E-state index contributed by atoms with van der Waals surface area (Å²) in [4.78, 5) is 13.3. The lowest BCUT2D eigenvalue weighted by atomic mass is 10.2. The fourth-order valence-electron chi connectivity index (χ4n) is 0.660. The van der Waals surface area contributed by atoms with Crippen molar-refractivity contribution < 1.29 is 14.6 Å². The minimum atomic E-state index is -0.626. The van der Waals surface area contributed by atoms with Crippen LogP contribution in [0.2, 0.25) is 0 Å². The molecule has 0 aliphatic rings. The molecule has 72 valence electrons. The molecule has 0 rings (SSSR count). The number of hydrogen-bond acceptors (Lipinski definition) is 4. The molecule has 0 aromatic rings. The molecule has 0 bridgehead atoms. The van der Waals surface area contributed by atoms with Crippen molar-refractivity contribution in [2.24, 2.45) is 0 Å². The largest absolute Gasteiger partial charge is 0.462 e. The van der Waals surface area contributed by atoms with Crippen molar-refractivity contribution in [3.8, 4) is 0 Å². The summed E-state index contributed by atoms with van der Waals surface area (Å²) in [5, 5.41) is 8.54. The number of ether oxygens (including phenoxy) is 1. The summed E-state index contributed by atoms with van der Waals surface area (Å²) in [6, 6.07) is -0.626. The van der Waals surface area contributed by atoms with Crippen molar-refractivity contribution in [1.82, 2.24) is 4.84 Å². The van der Waals surface area contributed by atoms with Crippen LogP contribution in [0.25, 0.3) is 0 Å². The predicted octanol–water partition coefficient (Wildman–Crippen LogP) is 0.432. The normalized spacial score (nSPS) is 13.1. The van der Waals surface area contributed by atoms with Gasteiger partial charge in [-0.05, 0) is 32.0 Å². The van der Waals surface area contributed by atoms with Crippen LogP contribution in [0.4, 0.5) is 0 Å². The second kappa shape index (κ2) is 6.22. The Morgan fingerprint density at radius 1 is 1.67 bits per heavy atom. The summed E-state index contributed by atoms with van der Waals surface area (Å²) < 4.78 is 4.86. The van der Waals surface area contributed by atoms with E-state index in [9.17, 15) is 4.79 Å². The van der Waals surface area contributed by atoms with Crippen LogP contribution < -0.4 is 4.84 Å². The molecule has 0 aromatic heterocycles. The lowest BCUT2D eigenvalue weighted by Gasteiger charge is -2.14. The molecule has 12 heavy (non-hydrogen) atoms. The Labute approximate surface area is 77.0 Å². The highest BCUT2D eigenvalue weighted by molar-refractivity contribution is 6.14. The monoisotopic (exact) mass is 195 g/mol. The molecule has 0 aromatic carbocycles. The molecule has 0 heterocycles. The van der Waals surface area contributed by atoms with E-state index < -0.39 is 12.0 Å². The van der Waals surface area contributed by atoms with Crippen molar-refractivity contribution in [1.29, 1.82) is 0 Å². The Bertz CT molecular complexity index is 141. The van der Waals surface area contributed by atoms with Crippen LogP contribution in [-0.4, -0.2) is 29.8 Å². The topological polar surface area (TPSA) is 58.6 Å². The molecule has 5 heteroatoms. The molecule has 2 N–H and O–H groups in total. The smallest absolute Gasteiger partial charge is 0.324 e. The van der Waals surface area contributed by atoms with Crippen molar-refractivity contribution in [2.45, 2.75) is 32.4 Å². The molecule has 4 nitrogen and oxygen atoms in total. The summed E-state index contributed by atoms with van der Waals surface area (Å²) >= 11 is 5.26. The van der Waals surface area contributed by atoms with Gasteiger partial charge in [0, 0.05) is 6.61 Å². The molecule has 0 aliphatic carbocycles. The van der Waals surface area contributed by atoms with E-state index in [1.807, 2.05) is 0 Å². The van der Waals surface area contributed by atoms with Gasteiger partial charge in [-0.15, -0.1) is 0 Å². The maximum atomic E-state index is 11.1. The number of halogens is 1.